The van der Waals surface area contributed by atoms with Crippen LogP contribution in [0.4, 0.5) is 0 Å². The molecule has 1 aliphatic carbocycles. The zero-order valence-electron chi connectivity index (χ0n) is 11.5. The molecule has 0 atom stereocenters. The zero-order chi connectivity index (χ0) is 14.1. The Balaban J connectivity index is 1.88. The second-order valence-electron chi connectivity index (χ2n) is 5.66. The van der Waals surface area contributed by atoms with Crippen LogP contribution in [0.5, 0.6) is 0 Å². The lowest BCUT2D eigenvalue weighted by Crippen LogP contribution is -2.36. The van der Waals surface area contributed by atoms with Gasteiger partial charge in [0.2, 0.25) is 5.91 Å². The first-order valence-corrected chi connectivity index (χ1v) is 8.14. The number of pyridine rings is 1. The SMILES string of the molecule is O=C(Cn1cc(Br)c2c(c1=O)CCCC2)N1CCCC1. The molecule has 4 nitrogen and oxygen atoms in total. The average Bonchev–Trinajstić information content (AvgIpc) is 2.99. The molecular formula is C15H19BrN2O2. The van der Waals surface area contributed by atoms with Gasteiger partial charge in [-0.05, 0) is 60.0 Å². The minimum atomic E-state index is 0.0236. The first-order valence-electron chi connectivity index (χ1n) is 7.35. The number of halogens is 1. The largest absolute Gasteiger partial charge is 0.341 e. The zero-order valence-corrected chi connectivity index (χ0v) is 13.1. The van der Waals surface area contributed by atoms with Crippen LogP contribution >= 0.6 is 15.9 Å². The molecule has 1 aliphatic heterocycles. The van der Waals surface area contributed by atoms with Crippen LogP contribution in [0.1, 0.15) is 36.8 Å². The Morgan fingerprint density at radius 1 is 1.10 bits per heavy atom. The fourth-order valence-electron chi connectivity index (χ4n) is 3.18. The molecule has 0 unspecified atom stereocenters. The predicted molar refractivity (Wildman–Crippen MR) is 80.9 cm³/mol. The van der Waals surface area contributed by atoms with Crippen molar-refractivity contribution in [1.82, 2.24) is 9.47 Å². The normalized spacial score (nSPS) is 18.1. The van der Waals surface area contributed by atoms with Crippen molar-refractivity contribution in [2.45, 2.75) is 45.1 Å². The molecule has 3 rings (SSSR count). The minimum absolute atomic E-state index is 0.0236. The van der Waals surface area contributed by atoms with Gasteiger partial charge in [-0.25, -0.2) is 0 Å². The molecule has 1 amide bonds. The molecule has 0 spiro atoms. The standard InChI is InChI=1S/C15H19BrN2O2/c16-13-9-18(10-14(19)17-7-3-4-8-17)15(20)12-6-2-1-5-11(12)13/h9H,1-8,10H2. The van der Waals surface area contributed by atoms with Crippen molar-refractivity contribution < 1.29 is 4.79 Å². The molecule has 2 aliphatic rings. The molecule has 1 fully saturated rings. The van der Waals surface area contributed by atoms with Crippen LogP contribution in [0.25, 0.3) is 0 Å². The molecule has 2 heterocycles. The van der Waals surface area contributed by atoms with Crippen LogP contribution in [0.15, 0.2) is 15.5 Å². The first-order chi connectivity index (χ1) is 9.66. The van der Waals surface area contributed by atoms with E-state index >= 15 is 0 Å². The van der Waals surface area contributed by atoms with Gasteiger partial charge in [-0.1, -0.05) is 0 Å². The van der Waals surface area contributed by atoms with Crippen LogP contribution in [0.3, 0.4) is 0 Å². The lowest BCUT2D eigenvalue weighted by molar-refractivity contribution is -0.130. The van der Waals surface area contributed by atoms with Crippen LogP contribution in [-0.4, -0.2) is 28.5 Å². The van der Waals surface area contributed by atoms with E-state index in [4.69, 9.17) is 0 Å². The molecule has 5 heteroatoms. The maximum atomic E-state index is 12.5. The van der Waals surface area contributed by atoms with Gasteiger partial charge in [0.05, 0.1) is 0 Å². The predicted octanol–water partition coefficient (Wildman–Crippen LogP) is 2.11. The molecule has 108 valence electrons. The quantitative estimate of drug-likeness (QED) is 0.828. The minimum Gasteiger partial charge on any atom is -0.341 e. The Bertz CT molecular complexity index is 588. The van der Waals surface area contributed by atoms with E-state index in [1.54, 1.807) is 10.8 Å². The molecule has 0 bridgehead atoms. The number of aromatic nitrogens is 1. The maximum absolute atomic E-state index is 12.5. The summed E-state index contributed by atoms with van der Waals surface area (Å²) in [6.45, 7) is 1.84. The number of hydrogen-bond donors (Lipinski definition) is 0. The first kappa shape index (κ1) is 13.9. The van der Waals surface area contributed by atoms with E-state index in [1.165, 1.54) is 0 Å². The van der Waals surface area contributed by atoms with E-state index in [1.807, 2.05) is 4.90 Å². The molecule has 20 heavy (non-hydrogen) atoms. The number of carbonyl (C=O) groups is 1. The Hall–Kier alpha value is -1.10. The van der Waals surface area contributed by atoms with Gasteiger partial charge in [-0.2, -0.15) is 0 Å². The monoisotopic (exact) mass is 338 g/mol. The van der Waals surface area contributed by atoms with Gasteiger partial charge >= 0.3 is 0 Å². The summed E-state index contributed by atoms with van der Waals surface area (Å²) in [5.41, 5.74) is 2.07. The van der Waals surface area contributed by atoms with Gasteiger partial charge < -0.3 is 9.47 Å². The maximum Gasteiger partial charge on any atom is 0.254 e. The third-order valence-electron chi connectivity index (χ3n) is 4.31. The average molecular weight is 339 g/mol. The number of nitrogens with zero attached hydrogens (tertiary/aromatic N) is 2. The van der Waals surface area contributed by atoms with Crippen molar-refractivity contribution in [1.29, 1.82) is 0 Å². The van der Waals surface area contributed by atoms with E-state index in [-0.39, 0.29) is 18.0 Å². The molecule has 0 N–H and O–H groups in total. The van der Waals surface area contributed by atoms with Crippen molar-refractivity contribution in [3.63, 3.8) is 0 Å². The molecule has 0 radical (unpaired) electrons. The molecule has 0 aromatic carbocycles. The second-order valence-corrected chi connectivity index (χ2v) is 6.52. The molecule has 0 saturated carbocycles. The third kappa shape index (κ3) is 2.55. The summed E-state index contributed by atoms with van der Waals surface area (Å²) in [7, 11) is 0. The summed E-state index contributed by atoms with van der Waals surface area (Å²) in [6, 6.07) is 0. The fraction of sp³-hybridized carbons (Fsp3) is 0.600. The van der Waals surface area contributed by atoms with E-state index in [0.717, 1.165) is 67.2 Å². The number of fused-ring (bicyclic) bond motifs is 1. The van der Waals surface area contributed by atoms with Crippen molar-refractivity contribution in [2.24, 2.45) is 0 Å². The summed E-state index contributed by atoms with van der Waals surface area (Å²) in [5, 5.41) is 0. The number of rotatable bonds is 2. The molecule has 1 aromatic rings. The van der Waals surface area contributed by atoms with E-state index in [2.05, 4.69) is 15.9 Å². The Kier molecular flexibility index (Phi) is 3.96. The topological polar surface area (TPSA) is 42.3 Å². The van der Waals surface area contributed by atoms with Crippen LogP contribution in [-0.2, 0) is 24.2 Å². The van der Waals surface area contributed by atoms with E-state index < -0.39 is 0 Å². The number of hydrogen-bond acceptors (Lipinski definition) is 2. The number of amides is 1. The lowest BCUT2D eigenvalue weighted by atomic mass is 9.93. The Morgan fingerprint density at radius 3 is 2.45 bits per heavy atom. The van der Waals surface area contributed by atoms with Crippen LogP contribution in [0.2, 0.25) is 0 Å². The summed E-state index contributed by atoms with van der Waals surface area (Å²) < 4.78 is 2.55. The highest BCUT2D eigenvalue weighted by Crippen LogP contribution is 2.25. The summed E-state index contributed by atoms with van der Waals surface area (Å²) >= 11 is 3.56. The highest BCUT2D eigenvalue weighted by atomic mass is 79.9. The Morgan fingerprint density at radius 2 is 1.75 bits per heavy atom. The van der Waals surface area contributed by atoms with Gasteiger partial charge in [0, 0.05) is 29.3 Å². The summed E-state index contributed by atoms with van der Waals surface area (Å²) in [6.07, 6.45) is 7.96. The van der Waals surface area contributed by atoms with Gasteiger partial charge in [0.25, 0.3) is 5.56 Å². The van der Waals surface area contributed by atoms with Gasteiger partial charge in [-0.3, -0.25) is 9.59 Å². The summed E-state index contributed by atoms with van der Waals surface area (Å²) in [4.78, 5) is 26.5. The fourth-order valence-corrected chi connectivity index (χ4v) is 3.87. The van der Waals surface area contributed by atoms with Gasteiger partial charge in [0.1, 0.15) is 6.54 Å². The Labute approximate surface area is 126 Å². The smallest absolute Gasteiger partial charge is 0.254 e. The number of carbonyl (C=O) groups excluding carboxylic acids is 1. The highest BCUT2D eigenvalue weighted by molar-refractivity contribution is 9.10. The second kappa shape index (κ2) is 5.72. The molecule has 1 aromatic heterocycles. The van der Waals surface area contributed by atoms with E-state index in [9.17, 15) is 9.59 Å². The van der Waals surface area contributed by atoms with Crippen LogP contribution in [0, 0.1) is 0 Å². The summed E-state index contributed by atoms with van der Waals surface area (Å²) in [5.74, 6) is 0.0623. The molecular weight excluding hydrogens is 320 g/mol. The van der Waals surface area contributed by atoms with Gasteiger partial charge in [0.15, 0.2) is 0 Å². The van der Waals surface area contributed by atoms with Crippen molar-refractivity contribution >= 4 is 21.8 Å². The lowest BCUT2D eigenvalue weighted by Gasteiger charge is -2.20. The van der Waals surface area contributed by atoms with Crippen LogP contribution < -0.4 is 5.56 Å². The van der Waals surface area contributed by atoms with Crippen molar-refractivity contribution in [2.75, 3.05) is 13.1 Å². The van der Waals surface area contributed by atoms with E-state index in [0.29, 0.717) is 0 Å². The highest BCUT2D eigenvalue weighted by Gasteiger charge is 2.21. The van der Waals surface area contributed by atoms with Crippen molar-refractivity contribution in [3.8, 4) is 0 Å². The number of likely N-dealkylation sites (tertiary alicyclic amines) is 1. The van der Waals surface area contributed by atoms with Gasteiger partial charge in [-0.15, -0.1) is 0 Å². The third-order valence-corrected chi connectivity index (χ3v) is 4.99. The van der Waals surface area contributed by atoms with Crippen molar-refractivity contribution in [3.05, 3.63) is 32.2 Å². The molecule has 1 saturated heterocycles.